The number of hydrogen-bond donors (Lipinski definition) is 3. The molecule has 0 radical (unpaired) electrons. The summed E-state index contributed by atoms with van der Waals surface area (Å²) in [4.78, 5) is 17.5. The van der Waals surface area contributed by atoms with Gasteiger partial charge in [-0.1, -0.05) is 39.0 Å². The number of rotatable bonds is 8. The molecule has 1 aliphatic rings. The summed E-state index contributed by atoms with van der Waals surface area (Å²) in [6.07, 6.45) is 3.90. The highest BCUT2D eigenvalue weighted by molar-refractivity contribution is 6.07. The molecule has 1 amide bonds. The molecule has 1 atom stereocenters. The number of anilines is 2. The lowest BCUT2D eigenvalue weighted by Gasteiger charge is -2.24. The Morgan fingerprint density at radius 1 is 1.17 bits per heavy atom. The van der Waals surface area contributed by atoms with Gasteiger partial charge in [0, 0.05) is 30.5 Å². The third-order valence-corrected chi connectivity index (χ3v) is 6.08. The Labute approximate surface area is 218 Å². The van der Waals surface area contributed by atoms with Crippen LogP contribution in [-0.4, -0.2) is 30.1 Å². The maximum absolute atomic E-state index is 13.2. The molecule has 8 heteroatoms. The maximum Gasteiger partial charge on any atom is 0.259 e. The second kappa shape index (κ2) is 12.2. The van der Waals surface area contributed by atoms with Crippen LogP contribution in [0.1, 0.15) is 55.1 Å². The smallest absolute Gasteiger partial charge is 0.259 e. The number of halogens is 2. The van der Waals surface area contributed by atoms with Crippen molar-refractivity contribution in [2.75, 3.05) is 23.8 Å². The zero-order chi connectivity index (χ0) is 24.8. The summed E-state index contributed by atoms with van der Waals surface area (Å²) in [5, 5.41) is 9.63. The average molecular weight is 513 g/mol. The van der Waals surface area contributed by atoms with Crippen molar-refractivity contribution in [3.8, 4) is 5.75 Å². The normalized spacial score (nSPS) is 15.2. The number of pyridine rings is 1. The number of amides is 1. The fourth-order valence-electron chi connectivity index (χ4n) is 4.14. The van der Waals surface area contributed by atoms with Gasteiger partial charge in [0.25, 0.3) is 5.91 Å². The molecular weight excluding hydrogens is 479 g/mol. The van der Waals surface area contributed by atoms with Gasteiger partial charge in [0.1, 0.15) is 24.0 Å². The first-order chi connectivity index (χ1) is 16.8. The Bertz CT molecular complexity index is 1160. The van der Waals surface area contributed by atoms with Crippen molar-refractivity contribution in [2.24, 2.45) is 0 Å². The highest BCUT2D eigenvalue weighted by Crippen LogP contribution is 2.34. The first-order valence-corrected chi connectivity index (χ1v) is 12.0. The molecule has 192 valence electrons. The van der Waals surface area contributed by atoms with Gasteiger partial charge in [-0.25, -0.2) is 9.37 Å². The number of carbonyl (C=O) groups excluding carboxylic acids is 1. The van der Waals surface area contributed by atoms with E-state index in [0.29, 0.717) is 36.3 Å². The molecule has 36 heavy (non-hydrogen) atoms. The van der Waals surface area contributed by atoms with E-state index < -0.39 is 0 Å². The molecule has 3 N–H and O–H groups in total. The van der Waals surface area contributed by atoms with Crippen molar-refractivity contribution in [3.63, 3.8) is 0 Å². The number of ether oxygens (including phenoxy) is 1. The summed E-state index contributed by atoms with van der Waals surface area (Å²) in [6.45, 7) is 8.49. The van der Waals surface area contributed by atoms with E-state index in [0.717, 1.165) is 29.8 Å². The minimum absolute atomic E-state index is 0. The molecular formula is C28H34ClFN4O2. The highest BCUT2D eigenvalue weighted by Gasteiger charge is 2.22. The van der Waals surface area contributed by atoms with E-state index in [9.17, 15) is 9.18 Å². The Morgan fingerprint density at radius 2 is 1.94 bits per heavy atom. The molecule has 0 aliphatic carbocycles. The van der Waals surface area contributed by atoms with Crippen LogP contribution in [0, 0.1) is 5.82 Å². The van der Waals surface area contributed by atoms with Crippen molar-refractivity contribution >= 4 is 29.8 Å². The van der Waals surface area contributed by atoms with Crippen LogP contribution in [0.15, 0.2) is 60.8 Å². The molecule has 3 aromatic rings. The topological polar surface area (TPSA) is 75.3 Å². The Hall–Kier alpha value is -3.16. The Kier molecular flexibility index (Phi) is 9.29. The predicted molar refractivity (Wildman–Crippen MR) is 145 cm³/mol. The molecule has 1 saturated heterocycles. The van der Waals surface area contributed by atoms with Crippen molar-refractivity contribution in [1.29, 1.82) is 0 Å². The van der Waals surface area contributed by atoms with Gasteiger partial charge < -0.3 is 20.7 Å². The van der Waals surface area contributed by atoms with E-state index in [1.165, 1.54) is 18.6 Å². The summed E-state index contributed by atoms with van der Waals surface area (Å²) < 4.78 is 19.4. The molecule has 2 heterocycles. The first kappa shape index (κ1) is 27.4. The third kappa shape index (κ3) is 7.18. The molecule has 6 nitrogen and oxygen atoms in total. The Balaban J connectivity index is 0.00000361. The molecule has 2 aromatic carbocycles. The lowest BCUT2D eigenvalue weighted by molar-refractivity contribution is 0.102. The number of hydrogen-bond acceptors (Lipinski definition) is 5. The van der Waals surface area contributed by atoms with Crippen LogP contribution in [0.25, 0.3) is 0 Å². The fraction of sp³-hybridized carbons (Fsp3) is 0.357. The maximum atomic E-state index is 13.2. The van der Waals surface area contributed by atoms with Gasteiger partial charge in [-0.3, -0.25) is 4.79 Å². The zero-order valence-electron chi connectivity index (χ0n) is 20.9. The summed E-state index contributed by atoms with van der Waals surface area (Å²) >= 11 is 0. The molecule has 0 bridgehead atoms. The van der Waals surface area contributed by atoms with Crippen molar-refractivity contribution in [3.05, 3.63) is 83.3 Å². The van der Waals surface area contributed by atoms with Crippen LogP contribution in [0.2, 0.25) is 0 Å². The van der Waals surface area contributed by atoms with Gasteiger partial charge >= 0.3 is 0 Å². The van der Waals surface area contributed by atoms with E-state index in [1.807, 2.05) is 18.2 Å². The molecule has 1 aliphatic heterocycles. The van der Waals surface area contributed by atoms with Crippen LogP contribution in [0.4, 0.5) is 15.9 Å². The second-order valence-electron chi connectivity index (χ2n) is 9.90. The Morgan fingerprint density at radius 3 is 2.64 bits per heavy atom. The van der Waals surface area contributed by atoms with Gasteiger partial charge in [0.15, 0.2) is 0 Å². The van der Waals surface area contributed by atoms with Gasteiger partial charge in [-0.05, 0) is 66.3 Å². The van der Waals surface area contributed by atoms with E-state index in [4.69, 9.17) is 4.74 Å². The largest absolute Gasteiger partial charge is 0.492 e. The van der Waals surface area contributed by atoms with Crippen LogP contribution in [-0.2, 0) is 12.0 Å². The summed E-state index contributed by atoms with van der Waals surface area (Å²) in [5.41, 5.74) is 2.97. The van der Waals surface area contributed by atoms with Crippen LogP contribution in [0.5, 0.6) is 5.75 Å². The quantitative estimate of drug-likeness (QED) is 0.348. The van der Waals surface area contributed by atoms with E-state index in [2.05, 4.69) is 41.7 Å². The van der Waals surface area contributed by atoms with Crippen molar-refractivity contribution < 1.29 is 13.9 Å². The number of aromatic nitrogens is 1. The van der Waals surface area contributed by atoms with Gasteiger partial charge in [0.05, 0.1) is 5.56 Å². The summed E-state index contributed by atoms with van der Waals surface area (Å²) in [5.74, 6) is 0.688. The SMILES string of the molecule is CC(C)(C)c1ccc(NC(=O)c2cccnc2NCc2ccc(F)cc2)cc1OCC1CCCN1.Cl. The van der Waals surface area contributed by atoms with Crippen LogP contribution in [0.3, 0.4) is 0 Å². The predicted octanol–water partition coefficient (Wildman–Crippen LogP) is 5.94. The van der Waals surface area contributed by atoms with Crippen LogP contribution >= 0.6 is 12.4 Å². The first-order valence-electron chi connectivity index (χ1n) is 12.0. The monoisotopic (exact) mass is 512 g/mol. The van der Waals surface area contributed by atoms with Crippen LogP contribution < -0.4 is 20.7 Å². The number of nitrogens with zero attached hydrogens (tertiary/aromatic N) is 1. The lowest BCUT2D eigenvalue weighted by atomic mass is 9.86. The number of nitrogens with one attached hydrogen (secondary N) is 3. The standard InChI is InChI=1S/C28H33FN4O2.ClH/c1-28(2,3)24-13-12-21(16-25(24)35-18-22-6-4-14-30-22)33-27(34)23-7-5-15-31-26(23)32-17-19-8-10-20(29)11-9-19;/h5,7-13,15-16,22,30H,4,6,14,17-18H2,1-3H3,(H,31,32)(H,33,34);1H. The molecule has 4 rings (SSSR count). The molecule has 0 saturated carbocycles. The van der Waals surface area contributed by atoms with E-state index >= 15 is 0 Å². The summed E-state index contributed by atoms with van der Waals surface area (Å²) in [7, 11) is 0. The lowest BCUT2D eigenvalue weighted by Crippen LogP contribution is -2.28. The average Bonchev–Trinajstić information content (AvgIpc) is 3.36. The van der Waals surface area contributed by atoms with Gasteiger partial charge in [-0.2, -0.15) is 0 Å². The van der Waals surface area contributed by atoms with Gasteiger partial charge in [-0.15, -0.1) is 12.4 Å². The minimum Gasteiger partial charge on any atom is -0.492 e. The molecule has 1 fully saturated rings. The van der Waals surface area contributed by atoms with E-state index in [-0.39, 0.29) is 29.5 Å². The highest BCUT2D eigenvalue weighted by atomic mass is 35.5. The van der Waals surface area contributed by atoms with E-state index in [1.54, 1.807) is 30.5 Å². The third-order valence-electron chi connectivity index (χ3n) is 6.08. The van der Waals surface area contributed by atoms with Gasteiger partial charge in [0.2, 0.25) is 0 Å². The summed E-state index contributed by atoms with van der Waals surface area (Å²) in [6, 6.07) is 15.8. The number of benzene rings is 2. The zero-order valence-corrected chi connectivity index (χ0v) is 21.8. The molecule has 0 spiro atoms. The van der Waals surface area contributed by atoms with Crippen molar-refractivity contribution in [2.45, 2.75) is 51.6 Å². The van der Waals surface area contributed by atoms with Crippen molar-refractivity contribution in [1.82, 2.24) is 10.3 Å². The second-order valence-corrected chi connectivity index (χ2v) is 9.90. The number of carbonyl (C=O) groups is 1. The molecule has 1 unspecified atom stereocenters. The fourth-order valence-corrected chi connectivity index (χ4v) is 4.14. The molecule has 1 aromatic heterocycles. The minimum atomic E-state index is -0.285.